The van der Waals surface area contributed by atoms with Crippen LogP contribution in [0.3, 0.4) is 0 Å². The average Bonchev–Trinajstić information content (AvgIpc) is 3.24. The fraction of sp³-hybridized carbons (Fsp3) is 0.480. The zero-order chi connectivity index (χ0) is 20.9. The highest BCUT2D eigenvalue weighted by molar-refractivity contribution is 5.84. The number of carbonyl (C=O) groups is 2. The van der Waals surface area contributed by atoms with Crippen molar-refractivity contribution in [2.45, 2.75) is 51.0 Å². The summed E-state index contributed by atoms with van der Waals surface area (Å²) >= 11 is 0. The van der Waals surface area contributed by atoms with Crippen molar-refractivity contribution in [2.24, 2.45) is 5.92 Å². The van der Waals surface area contributed by atoms with Crippen LogP contribution in [0.2, 0.25) is 0 Å². The maximum Gasteiger partial charge on any atom is 0.230 e. The molecule has 158 valence electrons. The zero-order valence-electron chi connectivity index (χ0n) is 17.7. The second kappa shape index (κ2) is 9.41. The monoisotopic (exact) mass is 405 g/mol. The van der Waals surface area contributed by atoms with Gasteiger partial charge >= 0.3 is 0 Å². The van der Waals surface area contributed by atoms with Gasteiger partial charge in [-0.15, -0.1) is 0 Å². The molecule has 0 aliphatic carbocycles. The summed E-state index contributed by atoms with van der Waals surface area (Å²) in [6.45, 7) is 4.29. The maximum atomic E-state index is 13.3. The van der Waals surface area contributed by atoms with E-state index in [4.69, 9.17) is 0 Å². The Hall–Kier alpha value is -2.69. The summed E-state index contributed by atoms with van der Waals surface area (Å²) in [4.78, 5) is 34.2. The van der Waals surface area contributed by atoms with E-state index in [2.05, 4.69) is 9.88 Å². The Balaban J connectivity index is 1.34. The van der Waals surface area contributed by atoms with Crippen molar-refractivity contribution in [1.29, 1.82) is 0 Å². The van der Waals surface area contributed by atoms with Crippen molar-refractivity contribution in [3.8, 4) is 0 Å². The molecule has 2 aromatic rings. The van der Waals surface area contributed by atoms with Gasteiger partial charge in [0.2, 0.25) is 11.8 Å². The van der Waals surface area contributed by atoms with Crippen LogP contribution in [0.15, 0.2) is 54.9 Å². The highest BCUT2D eigenvalue weighted by atomic mass is 16.2. The van der Waals surface area contributed by atoms with Gasteiger partial charge in [-0.25, -0.2) is 0 Å². The summed E-state index contributed by atoms with van der Waals surface area (Å²) < 4.78 is 0. The van der Waals surface area contributed by atoms with Gasteiger partial charge in [-0.2, -0.15) is 0 Å². The summed E-state index contributed by atoms with van der Waals surface area (Å²) in [6, 6.07) is 14.2. The lowest BCUT2D eigenvalue weighted by Crippen LogP contribution is -2.49. The van der Waals surface area contributed by atoms with Crippen LogP contribution in [0.25, 0.3) is 0 Å². The number of amides is 2. The normalized spacial score (nSPS) is 21.9. The number of fused-ring (bicyclic) bond motifs is 1. The van der Waals surface area contributed by atoms with E-state index in [1.54, 1.807) is 12.4 Å². The minimum absolute atomic E-state index is 0.143. The Bertz CT molecular complexity index is 855. The first-order valence-corrected chi connectivity index (χ1v) is 11.2. The molecule has 4 rings (SSSR count). The minimum Gasteiger partial charge on any atom is -0.340 e. The number of carbonyl (C=O) groups excluding carboxylic acids is 2. The van der Waals surface area contributed by atoms with E-state index in [-0.39, 0.29) is 23.8 Å². The minimum atomic E-state index is -0.143. The third kappa shape index (κ3) is 4.55. The number of nitrogens with zero attached hydrogens (tertiary/aromatic N) is 3. The van der Waals surface area contributed by atoms with Gasteiger partial charge in [0, 0.05) is 38.4 Å². The molecule has 30 heavy (non-hydrogen) atoms. The van der Waals surface area contributed by atoms with E-state index in [0.717, 1.165) is 44.3 Å². The van der Waals surface area contributed by atoms with Crippen LogP contribution in [-0.4, -0.2) is 52.3 Å². The number of aromatic nitrogens is 1. The Morgan fingerprint density at radius 3 is 2.63 bits per heavy atom. The summed E-state index contributed by atoms with van der Waals surface area (Å²) in [6.07, 6.45) is 8.04. The van der Waals surface area contributed by atoms with Crippen LogP contribution in [0.5, 0.6) is 0 Å². The number of rotatable bonds is 6. The summed E-state index contributed by atoms with van der Waals surface area (Å²) in [5.41, 5.74) is 2.28. The van der Waals surface area contributed by atoms with Crippen molar-refractivity contribution >= 4 is 11.8 Å². The van der Waals surface area contributed by atoms with E-state index < -0.39 is 0 Å². The number of pyridine rings is 1. The van der Waals surface area contributed by atoms with Crippen molar-refractivity contribution in [3.05, 3.63) is 66.0 Å². The molecule has 2 aliphatic heterocycles. The van der Waals surface area contributed by atoms with Crippen molar-refractivity contribution in [2.75, 3.05) is 19.6 Å². The lowest BCUT2D eigenvalue weighted by Gasteiger charge is -2.38. The van der Waals surface area contributed by atoms with Crippen molar-refractivity contribution in [3.63, 3.8) is 0 Å². The molecule has 0 saturated carbocycles. The predicted molar refractivity (Wildman–Crippen MR) is 117 cm³/mol. The molecule has 1 aromatic heterocycles. The molecule has 3 atom stereocenters. The van der Waals surface area contributed by atoms with Gasteiger partial charge in [0.25, 0.3) is 0 Å². The smallest absolute Gasteiger partial charge is 0.230 e. The van der Waals surface area contributed by atoms with Crippen LogP contribution in [0, 0.1) is 5.92 Å². The molecule has 0 unspecified atom stereocenters. The molecule has 0 spiro atoms. The third-order valence-electron chi connectivity index (χ3n) is 6.69. The van der Waals surface area contributed by atoms with Gasteiger partial charge in [0.15, 0.2) is 0 Å². The average molecular weight is 406 g/mol. The topological polar surface area (TPSA) is 53.5 Å². The van der Waals surface area contributed by atoms with E-state index in [1.807, 2.05) is 54.3 Å². The molecule has 1 aromatic carbocycles. The summed E-state index contributed by atoms with van der Waals surface area (Å²) in [7, 11) is 0. The van der Waals surface area contributed by atoms with Crippen LogP contribution in [-0.2, 0) is 16.0 Å². The van der Waals surface area contributed by atoms with Gasteiger partial charge in [-0.05, 0) is 61.8 Å². The molecule has 0 N–H and O–H groups in total. The van der Waals surface area contributed by atoms with Crippen LogP contribution < -0.4 is 0 Å². The molecule has 2 fully saturated rings. The van der Waals surface area contributed by atoms with Gasteiger partial charge in [0.1, 0.15) is 0 Å². The van der Waals surface area contributed by atoms with E-state index >= 15 is 0 Å². The first-order valence-electron chi connectivity index (χ1n) is 11.2. The Kier molecular flexibility index (Phi) is 6.46. The van der Waals surface area contributed by atoms with Crippen LogP contribution >= 0.6 is 0 Å². The van der Waals surface area contributed by atoms with E-state index in [1.165, 1.54) is 5.56 Å². The molecule has 3 heterocycles. The van der Waals surface area contributed by atoms with Gasteiger partial charge in [0.05, 0.1) is 12.0 Å². The highest BCUT2D eigenvalue weighted by Gasteiger charge is 2.43. The second-order valence-corrected chi connectivity index (χ2v) is 8.64. The quantitative estimate of drug-likeness (QED) is 0.737. The molecule has 2 amide bonds. The van der Waals surface area contributed by atoms with E-state index in [0.29, 0.717) is 18.9 Å². The maximum absolute atomic E-state index is 13.3. The van der Waals surface area contributed by atoms with Crippen LogP contribution in [0.1, 0.15) is 49.7 Å². The standard InChI is InChI=1S/C25H31N3O2/c1-19(21-8-3-2-4-9-21)25(30)28-16-6-10-22-17-27(18-23(22)28)24(29)11-5-7-20-12-14-26-15-13-20/h2-4,8-9,12-15,19,22-23H,5-7,10-11,16-18H2,1H3/t19-,22+,23-/m1/s1. The molecule has 2 aliphatic rings. The second-order valence-electron chi connectivity index (χ2n) is 8.64. The lowest BCUT2D eigenvalue weighted by molar-refractivity contribution is -0.137. The predicted octanol–water partition coefficient (Wildman–Crippen LogP) is 3.66. The number of likely N-dealkylation sites (tertiary alicyclic amines) is 2. The fourth-order valence-corrected chi connectivity index (χ4v) is 4.94. The first-order chi connectivity index (χ1) is 14.6. The summed E-state index contributed by atoms with van der Waals surface area (Å²) in [5.74, 6) is 0.690. The summed E-state index contributed by atoms with van der Waals surface area (Å²) in [5, 5.41) is 0. The van der Waals surface area contributed by atoms with Crippen molar-refractivity contribution < 1.29 is 9.59 Å². The zero-order valence-corrected chi connectivity index (χ0v) is 17.7. The Morgan fingerprint density at radius 2 is 1.87 bits per heavy atom. The molecule has 0 radical (unpaired) electrons. The molecule has 5 heteroatoms. The molecule has 2 saturated heterocycles. The fourth-order valence-electron chi connectivity index (χ4n) is 4.94. The molecular formula is C25H31N3O2. The molecule has 0 bridgehead atoms. The van der Waals surface area contributed by atoms with Gasteiger partial charge in [-0.1, -0.05) is 30.3 Å². The van der Waals surface area contributed by atoms with Gasteiger partial charge < -0.3 is 9.80 Å². The largest absolute Gasteiger partial charge is 0.340 e. The lowest BCUT2D eigenvalue weighted by atomic mass is 9.90. The number of aryl methyl sites for hydroxylation is 1. The van der Waals surface area contributed by atoms with Gasteiger partial charge in [-0.3, -0.25) is 14.6 Å². The highest BCUT2D eigenvalue weighted by Crippen LogP contribution is 2.33. The number of hydrogen-bond donors (Lipinski definition) is 0. The third-order valence-corrected chi connectivity index (χ3v) is 6.69. The Labute approximate surface area is 179 Å². The molecular weight excluding hydrogens is 374 g/mol. The number of hydrogen-bond acceptors (Lipinski definition) is 3. The van der Waals surface area contributed by atoms with Crippen molar-refractivity contribution in [1.82, 2.24) is 14.8 Å². The molecule has 5 nitrogen and oxygen atoms in total. The number of piperidine rings is 1. The SMILES string of the molecule is C[C@@H](C(=O)N1CCC[C@H]2CN(C(=O)CCCc3ccncc3)C[C@H]21)c1ccccc1. The first kappa shape index (κ1) is 20.6. The number of benzene rings is 1. The van der Waals surface area contributed by atoms with E-state index in [9.17, 15) is 9.59 Å². The Morgan fingerprint density at radius 1 is 1.10 bits per heavy atom. The van der Waals surface area contributed by atoms with Crippen LogP contribution in [0.4, 0.5) is 0 Å².